The molecule has 0 bridgehead atoms. The second-order valence-electron chi connectivity index (χ2n) is 3.62. The zero-order chi connectivity index (χ0) is 12.1. The predicted octanol–water partition coefficient (Wildman–Crippen LogP) is 3.91. The predicted molar refractivity (Wildman–Crippen MR) is 73.1 cm³/mol. The Morgan fingerprint density at radius 1 is 1.06 bits per heavy atom. The Balaban J connectivity index is 2.12. The largest absolute Gasteiger partial charge is 0.384 e. The van der Waals surface area contributed by atoms with Crippen LogP contribution in [0.15, 0.2) is 42.7 Å². The number of hydrogen-bond donors (Lipinski definition) is 2. The minimum atomic E-state index is 0.732. The van der Waals surface area contributed by atoms with Crippen LogP contribution >= 0.6 is 11.6 Å². The van der Waals surface area contributed by atoms with Crippen LogP contribution in [-0.4, -0.2) is 11.5 Å². The van der Waals surface area contributed by atoms with E-state index in [1.807, 2.05) is 30.3 Å². The number of rotatable bonds is 4. The molecule has 0 aliphatic rings. The average Bonchev–Trinajstić information content (AvgIpc) is 2.33. The van der Waals surface area contributed by atoms with E-state index in [9.17, 15) is 0 Å². The Hall–Kier alpha value is -1.74. The molecule has 2 rings (SSSR count). The quantitative estimate of drug-likeness (QED) is 0.860. The van der Waals surface area contributed by atoms with Crippen molar-refractivity contribution in [2.45, 2.75) is 6.92 Å². The molecule has 0 atom stereocenters. The van der Waals surface area contributed by atoms with Gasteiger partial charge in [0.2, 0.25) is 0 Å². The zero-order valence-corrected chi connectivity index (χ0v) is 10.3. The second-order valence-corrected chi connectivity index (χ2v) is 4.06. The fourth-order valence-corrected chi connectivity index (χ4v) is 1.63. The summed E-state index contributed by atoms with van der Waals surface area (Å²) in [5.74, 6) is 0. The number of pyridine rings is 1. The molecule has 2 aromatic rings. The maximum absolute atomic E-state index is 5.83. The van der Waals surface area contributed by atoms with Gasteiger partial charge in [-0.05, 0) is 37.3 Å². The van der Waals surface area contributed by atoms with Crippen molar-refractivity contribution in [3.05, 3.63) is 47.7 Å². The van der Waals surface area contributed by atoms with Crippen LogP contribution in [0.4, 0.5) is 17.1 Å². The van der Waals surface area contributed by atoms with Crippen LogP contribution in [-0.2, 0) is 0 Å². The summed E-state index contributed by atoms with van der Waals surface area (Å²) in [6, 6.07) is 9.59. The number of aromatic nitrogens is 1. The Kier molecular flexibility index (Phi) is 3.83. The lowest BCUT2D eigenvalue weighted by molar-refractivity contribution is 1.19. The first-order chi connectivity index (χ1) is 8.28. The molecule has 0 amide bonds. The van der Waals surface area contributed by atoms with E-state index in [1.165, 1.54) is 0 Å². The summed E-state index contributed by atoms with van der Waals surface area (Å²) in [5.41, 5.74) is 2.95. The van der Waals surface area contributed by atoms with E-state index in [0.29, 0.717) is 0 Å². The maximum atomic E-state index is 5.83. The molecule has 3 nitrogen and oxygen atoms in total. The van der Waals surface area contributed by atoms with Crippen LogP contribution in [0.3, 0.4) is 0 Å². The van der Waals surface area contributed by atoms with Gasteiger partial charge in [0, 0.05) is 17.3 Å². The number of anilines is 3. The van der Waals surface area contributed by atoms with Crippen LogP contribution in [0, 0.1) is 0 Å². The highest BCUT2D eigenvalue weighted by Crippen LogP contribution is 2.20. The summed E-state index contributed by atoms with van der Waals surface area (Å²) >= 11 is 5.83. The summed E-state index contributed by atoms with van der Waals surface area (Å²) in [6.45, 7) is 2.94. The van der Waals surface area contributed by atoms with Gasteiger partial charge in [0.05, 0.1) is 23.8 Å². The third-order valence-corrected chi connectivity index (χ3v) is 2.50. The highest BCUT2D eigenvalue weighted by atomic mass is 35.5. The SMILES string of the molecule is CCNc1cncc(Nc2ccc(Cl)cc2)c1. The van der Waals surface area contributed by atoms with Crippen LogP contribution < -0.4 is 10.6 Å². The highest BCUT2D eigenvalue weighted by Gasteiger charge is 1.97. The van der Waals surface area contributed by atoms with Crippen LogP contribution in [0.25, 0.3) is 0 Å². The van der Waals surface area contributed by atoms with E-state index >= 15 is 0 Å². The molecule has 0 saturated heterocycles. The van der Waals surface area contributed by atoms with Gasteiger partial charge in [-0.2, -0.15) is 0 Å². The Labute approximate surface area is 106 Å². The monoisotopic (exact) mass is 247 g/mol. The van der Waals surface area contributed by atoms with Gasteiger partial charge in [0.1, 0.15) is 0 Å². The van der Waals surface area contributed by atoms with Crippen LogP contribution in [0.2, 0.25) is 5.02 Å². The summed E-state index contributed by atoms with van der Waals surface area (Å²) < 4.78 is 0. The summed E-state index contributed by atoms with van der Waals surface area (Å²) in [4.78, 5) is 4.17. The van der Waals surface area contributed by atoms with Crippen molar-refractivity contribution in [2.75, 3.05) is 17.2 Å². The summed E-state index contributed by atoms with van der Waals surface area (Å²) in [6.07, 6.45) is 3.59. The van der Waals surface area contributed by atoms with Gasteiger partial charge in [-0.1, -0.05) is 11.6 Å². The fraction of sp³-hybridized carbons (Fsp3) is 0.154. The van der Waals surface area contributed by atoms with Crippen molar-refractivity contribution < 1.29 is 0 Å². The minimum absolute atomic E-state index is 0.732. The lowest BCUT2D eigenvalue weighted by Crippen LogP contribution is -1.98. The molecule has 1 aromatic heterocycles. The van der Waals surface area contributed by atoms with Crippen molar-refractivity contribution in [3.63, 3.8) is 0 Å². The normalized spacial score (nSPS) is 10.0. The molecule has 0 aliphatic heterocycles. The molecule has 0 radical (unpaired) electrons. The van der Waals surface area contributed by atoms with E-state index in [0.717, 1.165) is 28.6 Å². The second kappa shape index (κ2) is 5.55. The molecule has 17 heavy (non-hydrogen) atoms. The molecule has 0 unspecified atom stereocenters. The van der Waals surface area contributed by atoms with Crippen molar-refractivity contribution in [1.82, 2.24) is 4.98 Å². The van der Waals surface area contributed by atoms with Crippen molar-refractivity contribution in [3.8, 4) is 0 Å². The smallest absolute Gasteiger partial charge is 0.0591 e. The molecule has 0 aliphatic carbocycles. The lowest BCUT2D eigenvalue weighted by Gasteiger charge is -2.08. The standard InChI is InChI=1S/C13H14ClN3/c1-2-16-12-7-13(9-15-8-12)17-11-5-3-10(14)4-6-11/h3-9,16-17H,2H2,1H3. The van der Waals surface area contributed by atoms with Crippen LogP contribution in [0.5, 0.6) is 0 Å². The first-order valence-corrected chi connectivity index (χ1v) is 5.87. The van der Waals surface area contributed by atoms with Gasteiger partial charge in [0.15, 0.2) is 0 Å². The van der Waals surface area contributed by atoms with Gasteiger partial charge in [-0.25, -0.2) is 0 Å². The minimum Gasteiger partial charge on any atom is -0.384 e. The molecular weight excluding hydrogens is 234 g/mol. The molecular formula is C13H14ClN3. The zero-order valence-electron chi connectivity index (χ0n) is 9.57. The van der Waals surface area contributed by atoms with Crippen molar-refractivity contribution in [2.24, 2.45) is 0 Å². The van der Waals surface area contributed by atoms with Gasteiger partial charge < -0.3 is 10.6 Å². The van der Waals surface area contributed by atoms with E-state index in [4.69, 9.17) is 11.6 Å². The molecule has 0 saturated carbocycles. The molecule has 0 fully saturated rings. The molecule has 88 valence electrons. The first kappa shape index (κ1) is 11.7. The Bertz CT molecular complexity index is 482. The number of nitrogens with one attached hydrogen (secondary N) is 2. The number of benzene rings is 1. The summed E-state index contributed by atoms with van der Waals surface area (Å²) in [5, 5.41) is 7.22. The number of halogens is 1. The molecule has 2 N–H and O–H groups in total. The van der Waals surface area contributed by atoms with Crippen molar-refractivity contribution in [1.29, 1.82) is 0 Å². The van der Waals surface area contributed by atoms with E-state index in [1.54, 1.807) is 12.4 Å². The Morgan fingerprint density at radius 2 is 1.76 bits per heavy atom. The first-order valence-electron chi connectivity index (χ1n) is 5.49. The van der Waals surface area contributed by atoms with E-state index in [2.05, 4.69) is 22.5 Å². The molecule has 1 aromatic carbocycles. The average molecular weight is 248 g/mol. The molecule has 4 heteroatoms. The topological polar surface area (TPSA) is 37.0 Å². The molecule has 0 spiro atoms. The molecule has 1 heterocycles. The van der Waals surface area contributed by atoms with Gasteiger partial charge in [0.25, 0.3) is 0 Å². The van der Waals surface area contributed by atoms with Crippen molar-refractivity contribution >= 4 is 28.7 Å². The van der Waals surface area contributed by atoms with E-state index < -0.39 is 0 Å². The number of nitrogens with zero attached hydrogens (tertiary/aromatic N) is 1. The highest BCUT2D eigenvalue weighted by molar-refractivity contribution is 6.30. The lowest BCUT2D eigenvalue weighted by atomic mass is 10.3. The number of hydrogen-bond acceptors (Lipinski definition) is 3. The van der Waals surface area contributed by atoms with E-state index in [-0.39, 0.29) is 0 Å². The van der Waals surface area contributed by atoms with Gasteiger partial charge in [-0.3, -0.25) is 4.98 Å². The maximum Gasteiger partial charge on any atom is 0.0591 e. The Morgan fingerprint density at radius 3 is 2.47 bits per heavy atom. The third-order valence-electron chi connectivity index (χ3n) is 2.25. The van der Waals surface area contributed by atoms with Gasteiger partial charge in [-0.15, -0.1) is 0 Å². The summed E-state index contributed by atoms with van der Waals surface area (Å²) in [7, 11) is 0. The van der Waals surface area contributed by atoms with Crippen LogP contribution in [0.1, 0.15) is 6.92 Å². The third kappa shape index (κ3) is 3.36. The van der Waals surface area contributed by atoms with Gasteiger partial charge >= 0.3 is 0 Å². The fourth-order valence-electron chi connectivity index (χ4n) is 1.51.